The van der Waals surface area contributed by atoms with Crippen molar-refractivity contribution in [3.8, 4) is 0 Å². The minimum absolute atomic E-state index is 0.0562. The molecule has 0 aromatic carbocycles. The van der Waals surface area contributed by atoms with E-state index in [4.69, 9.17) is 9.83 Å². The average molecular weight is 390 g/mol. The van der Waals surface area contributed by atoms with Crippen molar-refractivity contribution in [1.29, 1.82) is 5.41 Å². The van der Waals surface area contributed by atoms with Crippen molar-refractivity contribution in [3.05, 3.63) is 29.8 Å². The van der Waals surface area contributed by atoms with Gasteiger partial charge in [0.2, 0.25) is 5.91 Å². The van der Waals surface area contributed by atoms with Crippen LogP contribution in [0.3, 0.4) is 0 Å². The van der Waals surface area contributed by atoms with E-state index < -0.39 is 41.9 Å². The topological polar surface area (TPSA) is 111 Å². The maximum atomic E-state index is 12.2. The number of alkyl halides is 3. The van der Waals surface area contributed by atoms with E-state index in [-0.39, 0.29) is 5.71 Å². The number of nitrogens with one attached hydrogen (secondary N) is 3. The third-order valence-corrected chi connectivity index (χ3v) is 3.98. The lowest BCUT2D eigenvalue weighted by Crippen LogP contribution is -2.53. The SMILES string of the molecule is Cc1ncc(C(C)(C)C(=N)/C=C(\O)NC(=O)C(C)(C)NCCC(F)(F)F)o1. The number of carbonyl (C=O) groups is 1. The Labute approximate surface area is 155 Å². The molecule has 0 radical (unpaired) electrons. The van der Waals surface area contributed by atoms with Gasteiger partial charge in [0.25, 0.3) is 0 Å². The minimum atomic E-state index is -4.33. The van der Waals surface area contributed by atoms with E-state index in [0.717, 1.165) is 6.08 Å². The molecule has 0 spiro atoms. The van der Waals surface area contributed by atoms with Crippen LogP contribution in [0.4, 0.5) is 13.2 Å². The number of oxazole rings is 1. The summed E-state index contributed by atoms with van der Waals surface area (Å²) < 4.78 is 42.0. The molecular weight excluding hydrogens is 365 g/mol. The van der Waals surface area contributed by atoms with Crippen LogP contribution >= 0.6 is 0 Å². The first kappa shape index (κ1) is 22.7. The van der Waals surface area contributed by atoms with E-state index in [1.807, 2.05) is 0 Å². The van der Waals surface area contributed by atoms with Crippen LogP contribution < -0.4 is 10.6 Å². The highest BCUT2D eigenvalue weighted by Gasteiger charge is 2.32. The molecule has 0 bridgehead atoms. The van der Waals surface area contributed by atoms with Crippen molar-refractivity contribution in [3.63, 3.8) is 0 Å². The second kappa shape index (κ2) is 8.12. The Morgan fingerprint density at radius 3 is 2.41 bits per heavy atom. The molecule has 0 saturated heterocycles. The Hall–Kier alpha value is -2.36. The number of rotatable bonds is 8. The summed E-state index contributed by atoms with van der Waals surface area (Å²) >= 11 is 0. The quantitative estimate of drug-likeness (QED) is 0.403. The van der Waals surface area contributed by atoms with Gasteiger partial charge < -0.3 is 20.2 Å². The molecule has 10 heteroatoms. The Morgan fingerprint density at radius 2 is 1.93 bits per heavy atom. The van der Waals surface area contributed by atoms with Gasteiger partial charge in [-0.3, -0.25) is 10.1 Å². The van der Waals surface area contributed by atoms with Gasteiger partial charge in [-0.1, -0.05) is 0 Å². The van der Waals surface area contributed by atoms with E-state index in [1.54, 1.807) is 20.8 Å². The summed E-state index contributed by atoms with van der Waals surface area (Å²) in [6.07, 6.45) is -2.90. The predicted octanol–water partition coefficient (Wildman–Crippen LogP) is 3.12. The number of aromatic nitrogens is 1. The standard InChI is InChI=1S/C17H25F3N4O3/c1-10-22-9-12(27-10)15(2,3)11(21)8-13(25)24-14(26)16(4,5)23-7-6-17(18,19)20/h8-9,21,23,25H,6-7H2,1-5H3,(H,24,26)/b13-8-,21-11?. The van der Waals surface area contributed by atoms with E-state index in [0.29, 0.717) is 11.7 Å². The number of aryl methyl sites for hydroxylation is 1. The van der Waals surface area contributed by atoms with Gasteiger partial charge in [0.05, 0.1) is 23.6 Å². The van der Waals surface area contributed by atoms with Crippen LogP contribution in [0.2, 0.25) is 0 Å². The number of hydrogen-bond donors (Lipinski definition) is 4. The predicted molar refractivity (Wildman–Crippen MR) is 93.6 cm³/mol. The van der Waals surface area contributed by atoms with Crippen molar-refractivity contribution in [2.24, 2.45) is 0 Å². The molecule has 0 atom stereocenters. The molecule has 27 heavy (non-hydrogen) atoms. The van der Waals surface area contributed by atoms with Crippen molar-refractivity contribution in [1.82, 2.24) is 15.6 Å². The van der Waals surface area contributed by atoms with Crippen LogP contribution in [0.5, 0.6) is 0 Å². The summed E-state index contributed by atoms with van der Waals surface area (Å²) in [4.78, 5) is 16.1. The second-order valence-electron chi connectivity index (χ2n) is 7.18. The van der Waals surface area contributed by atoms with Crippen LogP contribution in [0.25, 0.3) is 0 Å². The Morgan fingerprint density at radius 1 is 1.33 bits per heavy atom. The monoisotopic (exact) mass is 390 g/mol. The molecule has 1 aromatic heterocycles. The zero-order chi connectivity index (χ0) is 21.0. The number of hydrogen-bond acceptors (Lipinski definition) is 6. The Kier molecular flexibility index (Phi) is 6.82. The minimum Gasteiger partial charge on any atom is -0.494 e. The zero-order valence-electron chi connectivity index (χ0n) is 15.9. The lowest BCUT2D eigenvalue weighted by Gasteiger charge is -2.25. The number of carbonyl (C=O) groups excluding carboxylic acids is 1. The maximum absolute atomic E-state index is 12.2. The smallest absolute Gasteiger partial charge is 0.390 e. The molecule has 0 unspecified atom stereocenters. The fraction of sp³-hybridized carbons (Fsp3) is 0.588. The molecule has 4 N–H and O–H groups in total. The molecule has 0 aliphatic rings. The van der Waals surface area contributed by atoms with Crippen LogP contribution in [0.15, 0.2) is 22.6 Å². The Bertz CT molecular complexity index is 721. The van der Waals surface area contributed by atoms with Crippen LogP contribution in [-0.4, -0.2) is 40.0 Å². The van der Waals surface area contributed by atoms with Gasteiger partial charge in [0.15, 0.2) is 11.8 Å². The summed E-state index contributed by atoms with van der Waals surface area (Å²) in [5.41, 5.74) is -2.33. The lowest BCUT2D eigenvalue weighted by atomic mass is 9.85. The molecular formula is C17H25F3N4O3. The third-order valence-electron chi connectivity index (χ3n) is 3.98. The summed E-state index contributed by atoms with van der Waals surface area (Å²) in [7, 11) is 0. The van der Waals surface area contributed by atoms with E-state index in [9.17, 15) is 23.1 Å². The van der Waals surface area contributed by atoms with Gasteiger partial charge in [-0.15, -0.1) is 0 Å². The first-order chi connectivity index (χ1) is 12.1. The van der Waals surface area contributed by atoms with Crippen LogP contribution in [-0.2, 0) is 10.2 Å². The van der Waals surface area contributed by atoms with Gasteiger partial charge in [-0.25, -0.2) is 4.98 Å². The van der Waals surface area contributed by atoms with Crippen molar-refractivity contribution < 1.29 is 27.5 Å². The molecule has 1 heterocycles. The highest BCUT2D eigenvalue weighted by molar-refractivity contribution is 6.01. The van der Waals surface area contributed by atoms with E-state index in [1.165, 1.54) is 20.0 Å². The van der Waals surface area contributed by atoms with Crippen molar-refractivity contribution in [2.75, 3.05) is 6.54 Å². The summed E-state index contributed by atoms with van der Waals surface area (Å²) in [5.74, 6) is -0.492. The normalized spacial score (nSPS) is 13.6. The third kappa shape index (κ3) is 6.70. The lowest BCUT2D eigenvalue weighted by molar-refractivity contribution is -0.136. The molecule has 7 nitrogen and oxygen atoms in total. The van der Waals surface area contributed by atoms with E-state index in [2.05, 4.69) is 15.6 Å². The fourth-order valence-electron chi connectivity index (χ4n) is 2.01. The van der Waals surface area contributed by atoms with Gasteiger partial charge in [0.1, 0.15) is 5.76 Å². The van der Waals surface area contributed by atoms with E-state index >= 15 is 0 Å². The number of nitrogens with zero attached hydrogens (tertiary/aromatic N) is 1. The zero-order valence-corrected chi connectivity index (χ0v) is 15.9. The molecule has 1 amide bonds. The van der Waals surface area contributed by atoms with Gasteiger partial charge >= 0.3 is 6.18 Å². The fourth-order valence-corrected chi connectivity index (χ4v) is 2.01. The molecule has 0 aliphatic carbocycles. The second-order valence-corrected chi connectivity index (χ2v) is 7.18. The molecule has 0 saturated carbocycles. The van der Waals surface area contributed by atoms with Gasteiger partial charge in [-0.05, 0) is 27.7 Å². The first-order valence-electron chi connectivity index (χ1n) is 8.21. The molecule has 1 rings (SSSR count). The highest BCUT2D eigenvalue weighted by Crippen LogP contribution is 2.26. The van der Waals surface area contributed by atoms with Crippen LogP contribution in [0, 0.1) is 12.3 Å². The number of allylic oxidation sites excluding steroid dienone is 1. The average Bonchev–Trinajstić information content (AvgIpc) is 2.92. The number of halogens is 3. The summed E-state index contributed by atoms with van der Waals surface area (Å²) in [6, 6.07) is 0. The number of aliphatic hydroxyl groups excluding tert-OH is 1. The summed E-state index contributed by atoms with van der Waals surface area (Å²) in [6.45, 7) is 7.36. The summed E-state index contributed by atoms with van der Waals surface area (Å²) in [5, 5.41) is 22.7. The maximum Gasteiger partial charge on any atom is 0.390 e. The number of aliphatic hydroxyl groups is 1. The van der Waals surface area contributed by atoms with Crippen molar-refractivity contribution >= 4 is 11.6 Å². The first-order valence-corrected chi connectivity index (χ1v) is 8.21. The van der Waals surface area contributed by atoms with Crippen LogP contribution in [0.1, 0.15) is 45.8 Å². The highest BCUT2D eigenvalue weighted by atomic mass is 19.4. The molecule has 1 aromatic rings. The largest absolute Gasteiger partial charge is 0.494 e. The van der Waals surface area contributed by atoms with Gasteiger partial charge in [-0.2, -0.15) is 13.2 Å². The van der Waals surface area contributed by atoms with Crippen molar-refractivity contribution in [2.45, 2.75) is 58.2 Å². The Balaban J connectivity index is 2.74. The van der Waals surface area contributed by atoms with Gasteiger partial charge in [0, 0.05) is 25.3 Å². The number of amides is 1. The molecule has 152 valence electrons. The molecule has 0 aliphatic heterocycles. The molecule has 0 fully saturated rings.